The third-order valence-corrected chi connectivity index (χ3v) is 4.21. The molecule has 3 heteroatoms. The highest BCUT2D eigenvalue weighted by Gasteiger charge is 2.30. The van der Waals surface area contributed by atoms with Crippen LogP contribution in [-0.2, 0) is 12.7 Å². The summed E-state index contributed by atoms with van der Waals surface area (Å²) in [6.07, 6.45) is 2.33. The highest BCUT2D eigenvalue weighted by Crippen LogP contribution is 2.24. The maximum atomic E-state index is 6.07. The van der Waals surface area contributed by atoms with Gasteiger partial charge >= 0.3 is 0 Å². The van der Waals surface area contributed by atoms with Gasteiger partial charge in [0.05, 0.1) is 6.17 Å². The molecule has 0 spiro atoms. The van der Waals surface area contributed by atoms with Crippen molar-refractivity contribution in [2.45, 2.75) is 32.8 Å². The first-order valence-electron chi connectivity index (χ1n) is 7.24. The summed E-state index contributed by atoms with van der Waals surface area (Å²) in [5.74, 6) is 0.747. The fraction of sp³-hybridized carbons (Fsp3) is 0.500. The zero-order valence-electron chi connectivity index (χ0n) is 12.4. The standard InChI is InChI=1S/C16H25BN2/c1-11(2)16(18)19-9-14(10-19)7-15-5-4-13(8-17)6-12(15)3/h4-6,14,16H,1,7-10,17-18H2,2-3H3. The van der Waals surface area contributed by atoms with Crippen LogP contribution in [0.2, 0.25) is 0 Å². The van der Waals surface area contributed by atoms with E-state index in [1.807, 2.05) is 6.92 Å². The lowest BCUT2D eigenvalue weighted by Crippen LogP contribution is -2.56. The molecular formula is C16H25BN2. The molecule has 0 radical (unpaired) electrons. The van der Waals surface area contributed by atoms with Crippen molar-refractivity contribution in [3.8, 4) is 0 Å². The van der Waals surface area contributed by atoms with E-state index in [1.165, 1.54) is 23.1 Å². The van der Waals surface area contributed by atoms with Crippen LogP contribution in [0.25, 0.3) is 0 Å². The van der Waals surface area contributed by atoms with Gasteiger partial charge in [0.2, 0.25) is 0 Å². The monoisotopic (exact) mass is 256 g/mol. The van der Waals surface area contributed by atoms with Gasteiger partial charge in [-0.25, -0.2) is 0 Å². The fourth-order valence-electron chi connectivity index (χ4n) is 2.80. The first-order valence-corrected chi connectivity index (χ1v) is 7.24. The minimum Gasteiger partial charge on any atom is -0.312 e. The van der Waals surface area contributed by atoms with Gasteiger partial charge < -0.3 is 5.73 Å². The molecule has 0 aromatic heterocycles. The second kappa shape index (κ2) is 5.93. The quantitative estimate of drug-likeness (QED) is 0.638. The van der Waals surface area contributed by atoms with Crippen LogP contribution >= 0.6 is 0 Å². The van der Waals surface area contributed by atoms with E-state index in [1.54, 1.807) is 0 Å². The lowest BCUT2D eigenvalue weighted by molar-refractivity contribution is 0.0701. The predicted octanol–water partition coefficient (Wildman–Crippen LogP) is 1.46. The van der Waals surface area contributed by atoms with Gasteiger partial charge in [-0.05, 0) is 42.9 Å². The number of aryl methyl sites for hydroxylation is 1. The maximum Gasteiger partial charge on any atom is 0.107 e. The van der Waals surface area contributed by atoms with Crippen molar-refractivity contribution in [2.24, 2.45) is 11.7 Å². The SMILES string of the molecule is BCc1ccc(CC2CN(C(N)C(=C)C)C2)c(C)c1. The smallest absolute Gasteiger partial charge is 0.107 e. The first-order chi connectivity index (χ1) is 9.01. The number of rotatable bonds is 5. The van der Waals surface area contributed by atoms with Crippen LogP contribution in [-0.4, -0.2) is 32.0 Å². The average molecular weight is 256 g/mol. The second-order valence-electron chi connectivity index (χ2n) is 5.93. The molecule has 1 unspecified atom stereocenters. The number of likely N-dealkylation sites (tertiary alicyclic amines) is 1. The van der Waals surface area contributed by atoms with E-state index in [4.69, 9.17) is 5.73 Å². The molecule has 0 saturated carbocycles. The van der Waals surface area contributed by atoms with Crippen LogP contribution in [0.5, 0.6) is 0 Å². The number of hydrogen-bond donors (Lipinski definition) is 1. The molecule has 1 aliphatic heterocycles. The maximum absolute atomic E-state index is 6.07. The Morgan fingerprint density at radius 2 is 2.21 bits per heavy atom. The third-order valence-electron chi connectivity index (χ3n) is 4.21. The van der Waals surface area contributed by atoms with Crippen LogP contribution in [0, 0.1) is 12.8 Å². The molecule has 2 nitrogen and oxygen atoms in total. The summed E-state index contributed by atoms with van der Waals surface area (Å²) in [7, 11) is 2.21. The van der Waals surface area contributed by atoms with Crippen LogP contribution in [0.1, 0.15) is 23.6 Å². The molecule has 1 aliphatic rings. The summed E-state index contributed by atoms with van der Waals surface area (Å²) in [5.41, 5.74) is 11.5. The minimum absolute atomic E-state index is 0.0415. The highest BCUT2D eigenvalue weighted by molar-refractivity contribution is 6.08. The number of nitrogens with two attached hydrogens (primary N) is 1. The zero-order chi connectivity index (χ0) is 14.0. The van der Waals surface area contributed by atoms with Crippen molar-refractivity contribution in [3.63, 3.8) is 0 Å². The van der Waals surface area contributed by atoms with E-state index < -0.39 is 0 Å². The molecule has 1 heterocycles. The van der Waals surface area contributed by atoms with Crippen LogP contribution in [0.15, 0.2) is 30.4 Å². The molecule has 2 rings (SSSR count). The van der Waals surface area contributed by atoms with Gasteiger partial charge in [0.1, 0.15) is 7.85 Å². The summed E-state index contributed by atoms with van der Waals surface area (Å²) in [6.45, 7) is 10.4. The van der Waals surface area contributed by atoms with Crippen LogP contribution in [0.3, 0.4) is 0 Å². The predicted molar refractivity (Wildman–Crippen MR) is 85.0 cm³/mol. The Hall–Kier alpha value is -1.06. The lowest BCUT2D eigenvalue weighted by atomic mass is 9.87. The molecule has 0 aliphatic carbocycles. The summed E-state index contributed by atoms with van der Waals surface area (Å²) in [6, 6.07) is 6.89. The average Bonchev–Trinajstić information content (AvgIpc) is 2.33. The van der Waals surface area contributed by atoms with Crippen LogP contribution < -0.4 is 5.73 Å². The molecule has 1 fully saturated rings. The van der Waals surface area contributed by atoms with Gasteiger partial charge in [0.15, 0.2) is 0 Å². The van der Waals surface area contributed by atoms with Crippen molar-refractivity contribution in [1.29, 1.82) is 0 Å². The van der Waals surface area contributed by atoms with E-state index in [0.29, 0.717) is 0 Å². The van der Waals surface area contributed by atoms with Gasteiger partial charge in [0, 0.05) is 13.1 Å². The van der Waals surface area contributed by atoms with E-state index in [0.717, 1.165) is 30.9 Å². The second-order valence-corrected chi connectivity index (χ2v) is 5.93. The number of benzene rings is 1. The normalized spacial score (nSPS) is 18.1. The Bertz CT molecular complexity index is 464. The van der Waals surface area contributed by atoms with Gasteiger partial charge in [-0.15, -0.1) is 0 Å². The summed E-state index contributed by atoms with van der Waals surface area (Å²) in [5, 5.41) is 0. The molecule has 2 N–H and O–H groups in total. The molecule has 19 heavy (non-hydrogen) atoms. The van der Waals surface area contributed by atoms with E-state index >= 15 is 0 Å². The Labute approximate surface area is 118 Å². The first kappa shape index (κ1) is 14.4. The van der Waals surface area contributed by atoms with E-state index in [2.05, 4.69) is 44.4 Å². The van der Waals surface area contributed by atoms with Crippen molar-refractivity contribution in [2.75, 3.05) is 13.1 Å². The van der Waals surface area contributed by atoms with E-state index in [-0.39, 0.29) is 6.17 Å². The van der Waals surface area contributed by atoms with Gasteiger partial charge in [-0.3, -0.25) is 4.90 Å². The minimum atomic E-state index is 0.0415. The van der Waals surface area contributed by atoms with Crippen molar-refractivity contribution in [3.05, 3.63) is 47.0 Å². The number of nitrogens with zero attached hydrogens (tertiary/aromatic N) is 1. The molecule has 102 valence electrons. The third kappa shape index (κ3) is 3.28. The topological polar surface area (TPSA) is 29.3 Å². The Balaban J connectivity index is 1.89. The summed E-state index contributed by atoms with van der Waals surface area (Å²) in [4.78, 5) is 2.31. The molecule has 0 amide bonds. The summed E-state index contributed by atoms with van der Waals surface area (Å²) < 4.78 is 0. The van der Waals surface area contributed by atoms with Crippen LogP contribution in [0.4, 0.5) is 0 Å². The molecule has 1 aromatic carbocycles. The fourth-order valence-corrected chi connectivity index (χ4v) is 2.80. The van der Waals surface area contributed by atoms with Gasteiger partial charge in [-0.2, -0.15) is 0 Å². The molecule has 1 saturated heterocycles. The number of hydrogen-bond acceptors (Lipinski definition) is 2. The summed E-state index contributed by atoms with van der Waals surface area (Å²) >= 11 is 0. The molecular weight excluding hydrogens is 231 g/mol. The van der Waals surface area contributed by atoms with Gasteiger partial charge in [0.25, 0.3) is 0 Å². The Morgan fingerprint density at radius 1 is 1.53 bits per heavy atom. The zero-order valence-corrected chi connectivity index (χ0v) is 12.4. The Morgan fingerprint density at radius 3 is 2.74 bits per heavy atom. The molecule has 0 bridgehead atoms. The lowest BCUT2D eigenvalue weighted by Gasteiger charge is -2.43. The van der Waals surface area contributed by atoms with Crippen molar-refractivity contribution in [1.82, 2.24) is 4.90 Å². The van der Waals surface area contributed by atoms with Crippen molar-refractivity contribution >= 4 is 7.85 Å². The Kier molecular flexibility index (Phi) is 4.48. The van der Waals surface area contributed by atoms with E-state index in [9.17, 15) is 0 Å². The highest BCUT2D eigenvalue weighted by atomic mass is 15.3. The van der Waals surface area contributed by atoms with Gasteiger partial charge in [-0.1, -0.05) is 36.7 Å². The van der Waals surface area contributed by atoms with Crippen molar-refractivity contribution < 1.29 is 0 Å². The molecule has 1 aromatic rings. The largest absolute Gasteiger partial charge is 0.312 e. The molecule has 1 atom stereocenters.